The third kappa shape index (κ3) is 6.59. The van der Waals surface area contributed by atoms with Gasteiger partial charge >= 0.3 is 0 Å². The first-order valence-electron chi connectivity index (χ1n) is 12.7. The summed E-state index contributed by atoms with van der Waals surface area (Å²) in [5.74, 6) is 0. The smallest absolute Gasteiger partial charge is 0.269 e. The number of nitrogens with zero attached hydrogens (tertiary/aromatic N) is 7. The van der Waals surface area contributed by atoms with Gasteiger partial charge < -0.3 is 4.90 Å². The summed E-state index contributed by atoms with van der Waals surface area (Å²) in [6.07, 6.45) is 1.79. The Balaban J connectivity index is 1.40. The fraction of sp³-hybridized carbons (Fsp3) is 0.103. The monoisotopic (exact) mass is 565 g/mol. The van der Waals surface area contributed by atoms with Gasteiger partial charge in [0.15, 0.2) is 0 Å². The Hall–Kier alpha value is -5.98. The minimum atomic E-state index is -0.448. The van der Waals surface area contributed by atoms with Crippen molar-refractivity contribution in [3.05, 3.63) is 150 Å². The Morgan fingerprint density at radius 3 is 1.60 bits per heavy atom. The molecule has 0 spiro atoms. The molecule has 0 unspecified atom stereocenters. The number of anilines is 1. The number of aromatic nitrogens is 3. The number of nitro groups is 3. The third-order valence-corrected chi connectivity index (χ3v) is 6.58. The second-order valence-electron chi connectivity index (χ2n) is 9.48. The number of hydrogen-bond acceptors (Lipinski definition) is 9. The van der Waals surface area contributed by atoms with Crippen LogP contribution in [0.25, 0.3) is 11.3 Å². The zero-order chi connectivity index (χ0) is 29.6. The highest BCUT2D eigenvalue weighted by atomic mass is 16.6. The molecule has 210 valence electrons. The molecule has 1 heterocycles. The van der Waals surface area contributed by atoms with Crippen LogP contribution >= 0.6 is 0 Å². The van der Waals surface area contributed by atoms with Crippen LogP contribution in [0.5, 0.6) is 0 Å². The van der Waals surface area contributed by atoms with E-state index < -0.39 is 14.8 Å². The van der Waals surface area contributed by atoms with Crippen molar-refractivity contribution in [1.29, 1.82) is 0 Å². The summed E-state index contributed by atoms with van der Waals surface area (Å²) in [7, 11) is 0. The summed E-state index contributed by atoms with van der Waals surface area (Å²) in [6.45, 7) is 1.23. The molecule has 5 rings (SSSR count). The quantitative estimate of drug-likeness (QED) is 0.140. The summed E-state index contributed by atoms with van der Waals surface area (Å²) in [5.41, 5.74) is 4.83. The van der Waals surface area contributed by atoms with Crippen molar-refractivity contribution < 1.29 is 14.8 Å². The fourth-order valence-electron chi connectivity index (χ4n) is 4.41. The summed E-state index contributed by atoms with van der Waals surface area (Å²) in [6, 6.07) is 26.6. The number of rotatable bonds is 11. The second kappa shape index (κ2) is 12.0. The van der Waals surface area contributed by atoms with Crippen LogP contribution in [0.3, 0.4) is 0 Å². The van der Waals surface area contributed by atoms with Crippen LogP contribution in [-0.4, -0.2) is 29.8 Å². The molecule has 0 bridgehead atoms. The van der Waals surface area contributed by atoms with Crippen molar-refractivity contribution in [3.8, 4) is 11.3 Å². The lowest BCUT2D eigenvalue weighted by molar-refractivity contribution is -0.385. The molecule has 5 aromatic rings. The van der Waals surface area contributed by atoms with Gasteiger partial charge in [-0.2, -0.15) is 0 Å². The molecule has 0 aliphatic heterocycles. The maximum absolute atomic E-state index is 11.1. The maximum Gasteiger partial charge on any atom is 0.269 e. The molecule has 0 radical (unpaired) electrons. The van der Waals surface area contributed by atoms with Crippen molar-refractivity contribution in [1.82, 2.24) is 15.0 Å². The molecule has 0 aliphatic carbocycles. The first kappa shape index (κ1) is 27.6. The van der Waals surface area contributed by atoms with E-state index in [0.717, 1.165) is 27.9 Å². The van der Waals surface area contributed by atoms with Gasteiger partial charge in [0.25, 0.3) is 17.1 Å². The Morgan fingerprint density at radius 2 is 1.12 bits per heavy atom. The third-order valence-electron chi connectivity index (χ3n) is 6.58. The van der Waals surface area contributed by atoms with Crippen molar-refractivity contribution in [3.63, 3.8) is 0 Å². The van der Waals surface area contributed by atoms with Crippen LogP contribution in [0.2, 0.25) is 0 Å². The summed E-state index contributed by atoms with van der Waals surface area (Å²) in [5, 5.41) is 41.6. The van der Waals surface area contributed by atoms with E-state index in [4.69, 9.17) is 0 Å². The SMILES string of the molecule is O=[N+]([O-])c1ccc(CN(Cc2ccc([N+](=O)[O-])cc2)c2cccc(-c3cn(Cc4ccc([N+](=O)[O-])cc4)nn3)c2)cc1. The van der Waals surface area contributed by atoms with Crippen LogP contribution in [0.4, 0.5) is 22.7 Å². The number of nitro benzene ring substituents is 3. The largest absolute Gasteiger partial charge is 0.363 e. The average Bonchev–Trinajstić information content (AvgIpc) is 3.46. The van der Waals surface area contributed by atoms with E-state index in [1.54, 1.807) is 47.3 Å². The van der Waals surface area contributed by atoms with Gasteiger partial charge in [0.2, 0.25) is 0 Å². The van der Waals surface area contributed by atoms with E-state index in [-0.39, 0.29) is 17.1 Å². The lowest BCUT2D eigenvalue weighted by atomic mass is 10.1. The summed E-state index contributed by atoms with van der Waals surface area (Å²) < 4.78 is 1.65. The standard InChI is InChI=1S/C29H23N7O6/c37-34(38)25-10-4-21(5-11-25)17-32(18-22-6-12-26(13-7-22)35(39)40)28-3-1-2-24(16-28)29-20-33(31-30-29)19-23-8-14-27(15-9-23)36(41)42/h1-16,20H,17-19H2. The lowest BCUT2D eigenvalue weighted by Crippen LogP contribution is -2.22. The minimum absolute atomic E-state index is 0.000483. The Bertz CT molecular complexity index is 1680. The van der Waals surface area contributed by atoms with Gasteiger partial charge in [0.1, 0.15) is 5.69 Å². The normalized spacial score (nSPS) is 10.8. The van der Waals surface area contributed by atoms with Crippen molar-refractivity contribution in [2.24, 2.45) is 0 Å². The molecular weight excluding hydrogens is 542 g/mol. The highest BCUT2D eigenvalue weighted by molar-refractivity contribution is 5.65. The van der Waals surface area contributed by atoms with Gasteiger partial charge in [0, 0.05) is 60.7 Å². The molecule has 0 aliphatic rings. The summed E-state index contributed by atoms with van der Waals surface area (Å²) in [4.78, 5) is 33.8. The van der Waals surface area contributed by atoms with E-state index in [1.807, 2.05) is 24.3 Å². The predicted molar refractivity (Wildman–Crippen MR) is 154 cm³/mol. The van der Waals surface area contributed by atoms with E-state index >= 15 is 0 Å². The van der Waals surface area contributed by atoms with Crippen LogP contribution in [0, 0.1) is 30.3 Å². The zero-order valence-corrected chi connectivity index (χ0v) is 22.0. The van der Waals surface area contributed by atoms with Crippen LogP contribution in [-0.2, 0) is 19.6 Å². The first-order chi connectivity index (χ1) is 20.2. The molecule has 0 N–H and O–H groups in total. The van der Waals surface area contributed by atoms with Gasteiger partial charge in [-0.25, -0.2) is 4.68 Å². The number of non-ortho nitro benzene ring substituents is 3. The van der Waals surface area contributed by atoms with Gasteiger partial charge in [0.05, 0.1) is 27.5 Å². The van der Waals surface area contributed by atoms with E-state index in [2.05, 4.69) is 15.2 Å². The molecule has 0 saturated heterocycles. The maximum atomic E-state index is 11.1. The molecule has 0 fully saturated rings. The number of benzene rings is 4. The Morgan fingerprint density at radius 1 is 0.643 bits per heavy atom. The van der Waals surface area contributed by atoms with Gasteiger partial charge in [-0.15, -0.1) is 5.10 Å². The van der Waals surface area contributed by atoms with E-state index in [9.17, 15) is 30.3 Å². The molecule has 0 atom stereocenters. The van der Waals surface area contributed by atoms with E-state index in [1.165, 1.54) is 36.4 Å². The lowest BCUT2D eigenvalue weighted by Gasteiger charge is -2.26. The zero-order valence-electron chi connectivity index (χ0n) is 22.0. The Labute approximate surface area is 238 Å². The van der Waals surface area contributed by atoms with Crippen LogP contribution in [0.15, 0.2) is 103 Å². The van der Waals surface area contributed by atoms with Crippen molar-refractivity contribution in [2.45, 2.75) is 19.6 Å². The minimum Gasteiger partial charge on any atom is -0.363 e. The van der Waals surface area contributed by atoms with Gasteiger partial charge in [-0.1, -0.05) is 53.7 Å². The Kier molecular flexibility index (Phi) is 7.91. The van der Waals surface area contributed by atoms with Gasteiger partial charge in [-0.3, -0.25) is 30.3 Å². The summed E-state index contributed by atoms with van der Waals surface area (Å²) >= 11 is 0. The van der Waals surface area contributed by atoms with Crippen molar-refractivity contribution >= 4 is 22.7 Å². The fourth-order valence-corrected chi connectivity index (χ4v) is 4.41. The molecule has 0 saturated carbocycles. The highest BCUT2D eigenvalue weighted by Gasteiger charge is 2.14. The highest BCUT2D eigenvalue weighted by Crippen LogP contribution is 2.27. The molecule has 13 nitrogen and oxygen atoms in total. The number of hydrogen-bond donors (Lipinski definition) is 0. The van der Waals surface area contributed by atoms with E-state index in [0.29, 0.717) is 25.3 Å². The van der Waals surface area contributed by atoms with Gasteiger partial charge in [-0.05, 0) is 28.8 Å². The molecule has 4 aromatic carbocycles. The predicted octanol–water partition coefficient (Wildman–Crippen LogP) is 5.92. The van der Waals surface area contributed by atoms with Crippen molar-refractivity contribution in [2.75, 3.05) is 4.90 Å². The molecular formula is C29H23N7O6. The molecule has 1 aromatic heterocycles. The first-order valence-corrected chi connectivity index (χ1v) is 12.7. The molecule has 0 amide bonds. The van der Waals surface area contributed by atoms with Crippen LogP contribution in [0.1, 0.15) is 16.7 Å². The topological polar surface area (TPSA) is 163 Å². The average molecular weight is 566 g/mol. The molecule has 42 heavy (non-hydrogen) atoms. The second-order valence-corrected chi connectivity index (χ2v) is 9.48. The van der Waals surface area contributed by atoms with Crippen LogP contribution < -0.4 is 4.90 Å². The molecule has 13 heteroatoms.